The van der Waals surface area contributed by atoms with Crippen molar-refractivity contribution in [1.29, 1.82) is 0 Å². The van der Waals surface area contributed by atoms with E-state index in [4.69, 9.17) is 11.6 Å². The first-order chi connectivity index (χ1) is 7.22. The van der Waals surface area contributed by atoms with Crippen LogP contribution in [0.15, 0.2) is 18.3 Å². The molecule has 4 nitrogen and oxygen atoms in total. The van der Waals surface area contributed by atoms with Crippen LogP contribution in [0.25, 0.3) is 0 Å². The fourth-order valence-electron chi connectivity index (χ4n) is 1.10. The minimum Gasteiger partial charge on any atom is -0.320 e. The van der Waals surface area contributed by atoms with E-state index < -0.39 is 0 Å². The lowest BCUT2D eigenvalue weighted by molar-refractivity contribution is -0.116. The van der Waals surface area contributed by atoms with Crippen LogP contribution in [0.1, 0.15) is 12.8 Å². The summed E-state index contributed by atoms with van der Waals surface area (Å²) in [5.74, 6) is 0.456. The number of anilines is 1. The summed E-state index contributed by atoms with van der Waals surface area (Å²) < 4.78 is 0. The lowest BCUT2D eigenvalue weighted by atomic mass is 10.3. The largest absolute Gasteiger partial charge is 0.320 e. The zero-order valence-electron chi connectivity index (χ0n) is 8.59. The van der Waals surface area contributed by atoms with Crippen molar-refractivity contribution < 1.29 is 4.79 Å². The van der Waals surface area contributed by atoms with Gasteiger partial charge in [0.2, 0.25) is 5.91 Å². The second-order valence-electron chi connectivity index (χ2n) is 3.11. The number of pyridine rings is 1. The first kappa shape index (κ1) is 11.9. The minimum atomic E-state index is -0.0417. The van der Waals surface area contributed by atoms with E-state index >= 15 is 0 Å². The van der Waals surface area contributed by atoms with Crippen LogP contribution in [-0.2, 0) is 4.79 Å². The molecule has 0 atom stereocenters. The second kappa shape index (κ2) is 6.37. The summed E-state index contributed by atoms with van der Waals surface area (Å²) in [6, 6.07) is 3.29. The Morgan fingerprint density at radius 1 is 1.60 bits per heavy atom. The zero-order chi connectivity index (χ0) is 11.1. The number of rotatable bonds is 5. The minimum absolute atomic E-state index is 0.0417. The summed E-state index contributed by atoms with van der Waals surface area (Å²) in [6.07, 6.45) is 2.85. The maximum Gasteiger partial charge on any atom is 0.225 e. The molecule has 82 valence electrons. The van der Waals surface area contributed by atoms with Crippen LogP contribution in [0.4, 0.5) is 5.82 Å². The first-order valence-electron chi connectivity index (χ1n) is 4.78. The van der Waals surface area contributed by atoms with E-state index in [9.17, 15) is 4.79 Å². The summed E-state index contributed by atoms with van der Waals surface area (Å²) >= 11 is 5.75. The molecule has 0 unspecified atom stereocenters. The van der Waals surface area contributed by atoms with Crippen LogP contribution in [0, 0.1) is 0 Å². The molecule has 0 saturated carbocycles. The molecule has 15 heavy (non-hydrogen) atoms. The molecular formula is C10H14ClN3O. The molecule has 1 rings (SSSR count). The van der Waals surface area contributed by atoms with Gasteiger partial charge < -0.3 is 10.6 Å². The number of aromatic nitrogens is 1. The number of hydrogen-bond acceptors (Lipinski definition) is 3. The number of hydrogen-bond donors (Lipinski definition) is 2. The van der Waals surface area contributed by atoms with Crippen molar-refractivity contribution in [2.75, 3.05) is 18.9 Å². The van der Waals surface area contributed by atoms with Crippen LogP contribution < -0.4 is 10.6 Å². The maximum absolute atomic E-state index is 11.4. The molecular weight excluding hydrogens is 214 g/mol. The number of amides is 1. The fourth-order valence-corrected chi connectivity index (χ4v) is 1.26. The molecule has 0 fully saturated rings. The summed E-state index contributed by atoms with van der Waals surface area (Å²) in [4.78, 5) is 15.4. The van der Waals surface area contributed by atoms with Gasteiger partial charge >= 0.3 is 0 Å². The topological polar surface area (TPSA) is 54.0 Å². The molecule has 0 aromatic carbocycles. The number of carbonyl (C=O) groups is 1. The van der Waals surface area contributed by atoms with Gasteiger partial charge in [-0.25, -0.2) is 4.98 Å². The molecule has 0 bridgehead atoms. The summed E-state index contributed by atoms with van der Waals surface area (Å²) in [5, 5.41) is 6.22. The first-order valence-corrected chi connectivity index (χ1v) is 5.16. The van der Waals surface area contributed by atoms with Crippen LogP contribution in [0.2, 0.25) is 5.02 Å². The van der Waals surface area contributed by atoms with E-state index in [2.05, 4.69) is 15.6 Å². The quantitative estimate of drug-likeness (QED) is 0.753. The number of halogens is 1. The van der Waals surface area contributed by atoms with Crippen molar-refractivity contribution >= 4 is 23.3 Å². The SMILES string of the molecule is CNCCCC(=O)Nc1cc(Cl)ccn1. The third-order valence-electron chi connectivity index (χ3n) is 1.82. The van der Waals surface area contributed by atoms with Gasteiger partial charge in [0.1, 0.15) is 5.82 Å². The van der Waals surface area contributed by atoms with Gasteiger partial charge in [-0.05, 0) is 32.1 Å². The zero-order valence-corrected chi connectivity index (χ0v) is 9.34. The van der Waals surface area contributed by atoms with Gasteiger partial charge in [-0.1, -0.05) is 11.6 Å². The van der Waals surface area contributed by atoms with Gasteiger partial charge in [0.05, 0.1) is 0 Å². The number of nitrogens with zero attached hydrogens (tertiary/aromatic N) is 1. The van der Waals surface area contributed by atoms with Gasteiger partial charge in [0, 0.05) is 17.6 Å². The third-order valence-corrected chi connectivity index (χ3v) is 2.06. The molecule has 1 aromatic rings. The Morgan fingerprint density at radius 3 is 3.07 bits per heavy atom. The van der Waals surface area contributed by atoms with E-state index in [0.717, 1.165) is 13.0 Å². The van der Waals surface area contributed by atoms with E-state index in [1.165, 1.54) is 0 Å². The van der Waals surface area contributed by atoms with Gasteiger partial charge in [-0.3, -0.25) is 4.79 Å². The standard InChI is InChI=1S/C10H14ClN3O/c1-12-5-2-3-10(15)14-9-7-8(11)4-6-13-9/h4,6-7,12H,2-3,5H2,1H3,(H,13,14,15). The Hall–Kier alpha value is -1.13. The summed E-state index contributed by atoms with van der Waals surface area (Å²) in [6.45, 7) is 0.830. The molecule has 1 heterocycles. The Morgan fingerprint density at radius 2 is 2.40 bits per heavy atom. The molecule has 0 spiro atoms. The summed E-state index contributed by atoms with van der Waals surface area (Å²) in [7, 11) is 1.86. The third kappa shape index (κ3) is 4.76. The average molecular weight is 228 g/mol. The highest BCUT2D eigenvalue weighted by Crippen LogP contribution is 2.11. The molecule has 2 N–H and O–H groups in total. The predicted octanol–water partition coefficient (Wildman–Crippen LogP) is 1.67. The van der Waals surface area contributed by atoms with Crippen molar-refractivity contribution in [3.8, 4) is 0 Å². The Labute approximate surface area is 94.0 Å². The molecule has 1 amide bonds. The van der Waals surface area contributed by atoms with Crippen molar-refractivity contribution in [1.82, 2.24) is 10.3 Å². The van der Waals surface area contributed by atoms with Crippen molar-refractivity contribution in [3.05, 3.63) is 23.4 Å². The van der Waals surface area contributed by atoms with Crippen LogP contribution in [-0.4, -0.2) is 24.5 Å². The molecule has 0 aliphatic carbocycles. The molecule has 0 aliphatic rings. The molecule has 0 radical (unpaired) electrons. The highest BCUT2D eigenvalue weighted by Gasteiger charge is 2.02. The smallest absolute Gasteiger partial charge is 0.225 e. The van der Waals surface area contributed by atoms with Crippen molar-refractivity contribution in [2.45, 2.75) is 12.8 Å². The average Bonchev–Trinajstić information content (AvgIpc) is 2.18. The second-order valence-corrected chi connectivity index (χ2v) is 3.55. The van der Waals surface area contributed by atoms with E-state index in [-0.39, 0.29) is 5.91 Å². The maximum atomic E-state index is 11.4. The van der Waals surface area contributed by atoms with Crippen molar-refractivity contribution in [2.24, 2.45) is 0 Å². The van der Waals surface area contributed by atoms with Crippen molar-refractivity contribution in [3.63, 3.8) is 0 Å². The molecule has 0 saturated heterocycles. The lowest BCUT2D eigenvalue weighted by Gasteiger charge is -2.04. The van der Waals surface area contributed by atoms with Gasteiger partial charge in [0.15, 0.2) is 0 Å². The monoisotopic (exact) mass is 227 g/mol. The Bertz CT molecular complexity index is 330. The summed E-state index contributed by atoms with van der Waals surface area (Å²) in [5.41, 5.74) is 0. The van der Waals surface area contributed by atoms with E-state index in [1.807, 2.05) is 7.05 Å². The van der Waals surface area contributed by atoms with Crippen LogP contribution in [0.3, 0.4) is 0 Å². The lowest BCUT2D eigenvalue weighted by Crippen LogP contribution is -2.15. The number of nitrogens with one attached hydrogen (secondary N) is 2. The van der Waals surface area contributed by atoms with Gasteiger partial charge in [-0.15, -0.1) is 0 Å². The highest BCUT2D eigenvalue weighted by molar-refractivity contribution is 6.30. The van der Waals surface area contributed by atoms with Gasteiger partial charge in [0.25, 0.3) is 0 Å². The predicted molar refractivity (Wildman–Crippen MR) is 61.0 cm³/mol. The Balaban J connectivity index is 2.37. The van der Waals surface area contributed by atoms with Crippen LogP contribution >= 0.6 is 11.6 Å². The van der Waals surface area contributed by atoms with E-state index in [0.29, 0.717) is 17.3 Å². The number of carbonyl (C=O) groups excluding carboxylic acids is 1. The highest BCUT2D eigenvalue weighted by atomic mass is 35.5. The molecule has 0 aliphatic heterocycles. The molecule has 1 aromatic heterocycles. The van der Waals surface area contributed by atoms with E-state index in [1.54, 1.807) is 18.3 Å². The fraction of sp³-hybridized carbons (Fsp3) is 0.400. The molecule has 5 heteroatoms. The Kier molecular flexibility index (Phi) is 5.07. The van der Waals surface area contributed by atoms with Gasteiger partial charge in [-0.2, -0.15) is 0 Å². The van der Waals surface area contributed by atoms with Crippen LogP contribution in [0.5, 0.6) is 0 Å². The normalized spacial score (nSPS) is 10.0.